The van der Waals surface area contributed by atoms with Gasteiger partial charge in [0.1, 0.15) is 11.9 Å². The monoisotopic (exact) mass is 349 g/mol. The normalized spacial score (nSPS) is 11.6. The summed E-state index contributed by atoms with van der Waals surface area (Å²) >= 11 is 0. The van der Waals surface area contributed by atoms with Crippen molar-refractivity contribution in [3.05, 3.63) is 51.6 Å². The van der Waals surface area contributed by atoms with Crippen LogP contribution in [0.5, 0.6) is 23.0 Å². The van der Waals surface area contributed by atoms with E-state index in [1.165, 1.54) is 58.8 Å². The molecule has 8 heteroatoms. The van der Waals surface area contributed by atoms with Crippen molar-refractivity contribution in [3.63, 3.8) is 0 Å². The topological polar surface area (TPSA) is 100 Å². The quantitative estimate of drug-likeness (QED) is 0.606. The zero-order valence-corrected chi connectivity index (χ0v) is 14.3. The van der Waals surface area contributed by atoms with Gasteiger partial charge in [-0.1, -0.05) is 0 Å². The summed E-state index contributed by atoms with van der Waals surface area (Å²) in [6.45, 7) is 0. The molecule has 2 aromatic rings. The van der Waals surface area contributed by atoms with E-state index >= 15 is 0 Å². The highest BCUT2D eigenvalue weighted by molar-refractivity contribution is 5.57. The minimum Gasteiger partial charge on any atom is -0.497 e. The summed E-state index contributed by atoms with van der Waals surface area (Å²) in [5.74, 6) is 1.43. The van der Waals surface area contributed by atoms with Crippen molar-refractivity contribution >= 4 is 5.69 Å². The van der Waals surface area contributed by atoms with Crippen LogP contribution in [-0.4, -0.2) is 38.5 Å². The maximum atomic E-state index is 11.3. The number of rotatable bonds is 7. The van der Waals surface area contributed by atoms with Gasteiger partial charge in [-0.2, -0.15) is 0 Å². The smallest absolute Gasteiger partial charge is 0.275 e. The molecule has 25 heavy (non-hydrogen) atoms. The molecule has 0 heterocycles. The summed E-state index contributed by atoms with van der Waals surface area (Å²) < 4.78 is 20.8. The van der Waals surface area contributed by atoms with Crippen LogP contribution in [0.1, 0.15) is 17.2 Å². The third-order valence-electron chi connectivity index (χ3n) is 3.73. The Morgan fingerprint density at radius 1 is 0.960 bits per heavy atom. The van der Waals surface area contributed by atoms with Crippen molar-refractivity contribution in [2.24, 2.45) is 0 Å². The maximum absolute atomic E-state index is 11.3. The lowest BCUT2D eigenvalue weighted by Crippen LogP contribution is -2.06. The minimum atomic E-state index is -1.29. The van der Waals surface area contributed by atoms with E-state index in [9.17, 15) is 15.2 Å². The lowest BCUT2D eigenvalue weighted by molar-refractivity contribution is -0.386. The molecule has 0 spiro atoms. The molecule has 2 aromatic carbocycles. The number of hydrogen-bond donors (Lipinski definition) is 1. The summed E-state index contributed by atoms with van der Waals surface area (Å²) in [5, 5.41) is 22.0. The van der Waals surface area contributed by atoms with Crippen LogP contribution in [0.25, 0.3) is 0 Å². The molecular formula is C17H19NO7. The number of benzene rings is 2. The SMILES string of the molecule is COc1ccc([N+](=O)[O-])c(C(O)c2cc(OC)c(OC)c(OC)c2)c1. The van der Waals surface area contributed by atoms with Gasteiger partial charge in [-0.15, -0.1) is 0 Å². The number of nitrogens with zero attached hydrogens (tertiary/aromatic N) is 1. The van der Waals surface area contributed by atoms with Gasteiger partial charge in [-0.3, -0.25) is 10.1 Å². The Morgan fingerprint density at radius 3 is 2.00 bits per heavy atom. The third-order valence-corrected chi connectivity index (χ3v) is 3.73. The predicted molar refractivity (Wildman–Crippen MR) is 89.8 cm³/mol. The second kappa shape index (κ2) is 7.71. The zero-order chi connectivity index (χ0) is 18.6. The molecule has 1 N–H and O–H groups in total. The molecular weight excluding hydrogens is 330 g/mol. The Kier molecular flexibility index (Phi) is 5.66. The van der Waals surface area contributed by atoms with Crippen LogP contribution in [-0.2, 0) is 0 Å². The summed E-state index contributed by atoms with van der Waals surface area (Å²) in [4.78, 5) is 10.7. The van der Waals surface area contributed by atoms with Crippen molar-refractivity contribution in [2.75, 3.05) is 28.4 Å². The van der Waals surface area contributed by atoms with Gasteiger partial charge in [0, 0.05) is 6.07 Å². The van der Waals surface area contributed by atoms with E-state index in [-0.39, 0.29) is 11.3 Å². The van der Waals surface area contributed by atoms with Gasteiger partial charge in [0.25, 0.3) is 5.69 Å². The van der Waals surface area contributed by atoms with E-state index in [4.69, 9.17) is 18.9 Å². The van der Waals surface area contributed by atoms with Gasteiger partial charge >= 0.3 is 0 Å². The van der Waals surface area contributed by atoms with Gasteiger partial charge in [0.2, 0.25) is 5.75 Å². The fourth-order valence-corrected chi connectivity index (χ4v) is 2.48. The Bertz CT molecular complexity index is 751. The molecule has 0 bridgehead atoms. The minimum absolute atomic E-state index is 0.0959. The molecule has 0 aromatic heterocycles. The van der Waals surface area contributed by atoms with Crippen LogP contribution in [0.4, 0.5) is 5.69 Å². The zero-order valence-electron chi connectivity index (χ0n) is 14.3. The Balaban J connectivity index is 2.61. The Hall–Kier alpha value is -3.00. The van der Waals surface area contributed by atoms with Crippen molar-refractivity contribution in [2.45, 2.75) is 6.10 Å². The molecule has 8 nitrogen and oxygen atoms in total. The van der Waals surface area contributed by atoms with Crippen molar-refractivity contribution in [3.8, 4) is 23.0 Å². The number of hydrogen-bond acceptors (Lipinski definition) is 7. The third kappa shape index (κ3) is 3.58. The molecule has 2 rings (SSSR count). The fourth-order valence-electron chi connectivity index (χ4n) is 2.48. The van der Waals surface area contributed by atoms with Gasteiger partial charge in [0.15, 0.2) is 11.5 Å². The Labute approximate surface area is 144 Å². The molecule has 0 aliphatic carbocycles. The van der Waals surface area contributed by atoms with Crippen LogP contribution < -0.4 is 18.9 Å². The first kappa shape index (κ1) is 18.3. The van der Waals surface area contributed by atoms with Gasteiger partial charge < -0.3 is 24.1 Å². The first-order valence-corrected chi connectivity index (χ1v) is 7.27. The van der Waals surface area contributed by atoms with Crippen LogP contribution in [0.15, 0.2) is 30.3 Å². The van der Waals surface area contributed by atoms with E-state index in [0.717, 1.165) is 0 Å². The highest BCUT2D eigenvalue weighted by Gasteiger charge is 2.25. The first-order chi connectivity index (χ1) is 12.0. The lowest BCUT2D eigenvalue weighted by atomic mass is 9.98. The second-order valence-corrected chi connectivity index (χ2v) is 5.04. The fraction of sp³-hybridized carbons (Fsp3) is 0.294. The summed E-state index contributed by atoms with van der Waals surface area (Å²) in [7, 11) is 5.79. The number of aliphatic hydroxyl groups excluding tert-OH is 1. The molecule has 0 saturated heterocycles. The first-order valence-electron chi connectivity index (χ1n) is 7.27. The average Bonchev–Trinajstić information content (AvgIpc) is 2.65. The van der Waals surface area contributed by atoms with Gasteiger partial charge in [0.05, 0.1) is 38.9 Å². The molecule has 134 valence electrons. The predicted octanol–water partition coefficient (Wildman–Crippen LogP) is 2.71. The van der Waals surface area contributed by atoms with E-state index in [1.807, 2.05) is 0 Å². The summed E-state index contributed by atoms with van der Waals surface area (Å²) in [6, 6.07) is 7.25. The molecule has 0 amide bonds. The number of aliphatic hydroxyl groups is 1. The number of nitro groups is 1. The molecule has 0 radical (unpaired) electrons. The molecule has 1 atom stereocenters. The molecule has 0 saturated carbocycles. The maximum Gasteiger partial charge on any atom is 0.275 e. The number of ether oxygens (including phenoxy) is 4. The number of nitro benzene ring substituents is 1. The van der Waals surface area contributed by atoms with E-state index in [0.29, 0.717) is 28.6 Å². The molecule has 1 unspecified atom stereocenters. The van der Waals surface area contributed by atoms with Gasteiger partial charge in [-0.25, -0.2) is 0 Å². The van der Waals surface area contributed by atoms with E-state index < -0.39 is 11.0 Å². The van der Waals surface area contributed by atoms with Crippen LogP contribution >= 0.6 is 0 Å². The van der Waals surface area contributed by atoms with Crippen LogP contribution in [0, 0.1) is 10.1 Å². The lowest BCUT2D eigenvalue weighted by Gasteiger charge is -2.17. The average molecular weight is 349 g/mol. The van der Waals surface area contributed by atoms with Crippen molar-refractivity contribution in [1.29, 1.82) is 0 Å². The van der Waals surface area contributed by atoms with Crippen molar-refractivity contribution < 1.29 is 29.0 Å². The standard InChI is InChI=1S/C17H19NO7/c1-22-11-5-6-13(18(20)21)12(9-11)16(19)10-7-14(23-2)17(25-4)15(8-10)24-3/h5-9,16,19H,1-4H3. The summed E-state index contributed by atoms with van der Waals surface area (Å²) in [6.07, 6.45) is -1.29. The van der Waals surface area contributed by atoms with Gasteiger partial charge in [-0.05, 0) is 29.8 Å². The van der Waals surface area contributed by atoms with Crippen molar-refractivity contribution in [1.82, 2.24) is 0 Å². The largest absolute Gasteiger partial charge is 0.497 e. The van der Waals surface area contributed by atoms with Crippen LogP contribution in [0.2, 0.25) is 0 Å². The molecule has 0 aliphatic rings. The van der Waals surface area contributed by atoms with Crippen LogP contribution in [0.3, 0.4) is 0 Å². The highest BCUT2D eigenvalue weighted by atomic mass is 16.6. The molecule has 0 fully saturated rings. The van der Waals surface area contributed by atoms with E-state index in [1.54, 1.807) is 0 Å². The number of methoxy groups -OCH3 is 4. The highest BCUT2D eigenvalue weighted by Crippen LogP contribution is 2.42. The summed E-state index contributed by atoms with van der Waals surface area (Å²) in [5.41, 5.74) is 0.228. The molecule has 0 aliphatic heterocycles. The van der Waals surface area contributed by atoms with E-state index in [2.05, 4.69) is 0 Å². The Morgan fingerprint density at radius 2 is 1.56 bits per heavy atom. The second-order valence-electron chi connectivity index (χ2n) is 5.04.